The van der Waals surface area contributed by atoms with Gasteiger partial charge in [-0.2, -0.15) is 0 Å². The van der Waals surface area contributed by atoms with E-state index in [1.165, 1.54) is 66.1 Å². The Hall–Kier alpha value is -3.84. The minimum Gasteiger partial charge on any atom is -0.310 e. The molecule has 6 aromatic rings. The van der Waals surface area contributed by atoms with Crippen LogP contribution in [0.5, 0.6) is 0 Å². The van der Waals surface area contributed by atoms with E-state index in [0.29, 0.717) is 0 Å². The molecule has 0 heterocycles. The van der Waals surface area contributed by atoms with E-state index in [4.69, 9.17) is 0 Å². The zero-order valence-electron chi connectivity index (χ0n) is 18.7. The number of nitrogens with zero attached hydrogens (tertiary/aromatic N) is 1. The fourth-order valence-corrected chi connectivity index (χ4v) is 5.09. The quantitative estimate of drug-likeness (QED) is 0.263. The molecule has 6 aromatic carbocycles. The summed E-state index contributed by atoms with van der Waals surface area (Å²) in [6.07, 6.45) is 0. The van der Waals surface area contributed by atoms with E-state index < -0.39 is 0 Å². The maximum atomic E-state index is 2.40. The third-order valence-electron chi connectivity index (χ3n) is 6.62. The molecule has 0 aliphatic heterocycles. The Labute approximate surface area is 188 Å². The van der Waals surface area contributed by atoms with Crippen LogP contribution >= 0.6 is 0 Å². The van der Waals surface area contributed by atoms with Crippen LogP contribution in [-0.2, 0) is 0 Å². The lowest BCUT2D eigenvalue weighted by Gasteiger charge is -2.28. The van der Waals surface area contributed by atoms with E-state index in [-0.39, 0.29) is 0 Å². The molecule has 0 radical (unpaired) electrons. The highest BCUT2D eigenvalue weighted by atomic mass is 15.1. The fraction of sp³-hybridized carbons (Fsp3) is 0.0968. The zero-order valence-corrected chi connectivity index (χ0v) is 18.7. The highest BCUT2D eigenvalue weighted by molar-refractivity contribution is 6.26. The summed E-state index contributed by atoms with van der Waals surface area (Å²) < 4.78 is 0. The number of hydrogen-bond donors (Lipinski definition) is 0. The molecule has 1 nitrogen and oxygen atoms in total. The van der Waals surface area contributed by atoms with E-state index in [1.54, 1.807) is 0 Å². The summed E-state index contributed by atoms with van der Waals surface area (Å²) in [4.78, 5) is 2.40. The maximum Gasteiger partial charge on any atom is 0.0540 e. The largest absolute Gasteiger partial charge is 0.310 e. The van der Waals surface area contributed by atoms with Crippen molar-refractivity contribution in [1.82, 2.24) is 0 Å². The lowest BCUT2D eigenvalue weighted by atomic mass is 9.91. The van der Waals surface area contributed by atoms with Gasteiger partial charge in [0.1, 0.15) is 0 Å². The lowest BCUT2D eigenvalue weighted by molar-refractivity contribution is 1.27. The van der Waals surface area contributed by atoms with Crippen molar-refractivity contribution in [2.45, 2.75) is 20.8 Å². The van der Waals surface area contributed by atoms with Crippen LogP contribution in [0.3, 0.4) is 0 Å². The molecule has 0 atom stereocenters. The number of rotatable bonds is 3. The Kier molecular flexibility index (Phi) is 4.19. The highest BCUT2D eigenvalue weighted by Gasteiger charge is 2.18. The van der Waals surface area contributed by atoms with E-state index in [9.17, 15) is 0 Å². The lowest BCUT2D eigenvalue weighted by Crippen LogP contribution is -2.11. The topological polar surface area (TPSA) is 3.24 Å². The van der Waals surface area contributed by atoms with Gasteiger partial charge in [0.05, 0.1) is 5.69 Å². The predicted molar refractivity (Wildman–Crippen MR) is 139 cm³/mol. The molecule has 0 N–H and O–H groups in total. The van der Waals surface area contributed by atoms with Crippen molar-refractivity contribution in [1.29, 1.82) is 0 Å². The fourth-order valence-electron chi connectivity index (χ4n) is 5.09. The first-order valence-electron chi connectivity index (χ1n) is 11.2. The van der Waals surface area contributed by atoms with Crippen LogP contribution in [0.25, 0.3) is 32.3 Å². The molecule has 0 unspecified atom stereocenters. The van der Waals surface area contributed by atoms with Crippen LogP contribution in [0.4, 0.5) is 17.1 Å². The van der Waals surface area contributed by atoms with Crippen molar-refractivity contribution in [3.63, 3.8) is 0 Å². The van der Waals surface area contributed by atoms with Gasteiger partial charge < -0.3 is 4.90 Å². The average molecular weight is 412 g/mol. The molecule has 0 aromatic heterocycles. The van der Waals surface area contributed by atoms with Gasteiger partial charge in [0, 0.05) is 16.8 Å². The third-order valence-corrected chi connectivity index (χ3v) is 6.62. The molecular weight excluding hydrogens is 386 g/mol. The summed E-state index contributed by atoms with van der Waals surface area (Å²) in [6.45, 7) is 6.52. The van der Waals surface area contributed by atoms with Crippen molar-refractivity contribution in [3.05, 3.63) is 114 Å². The monoisotopic (exact) mass is 411 g/mol. The Morgan fingerprint density at radius 1 is 0.500 bits per heavy atom. The number of hydrogen-bond acceptors (Lipinski definition) is 1. The summed E-state index contributed by atoms with van der Waals surface area (Å²) in [5, 5.41) is 7.95. The van der Waals surface area contributed by atoms with Crippen molar-refractivity contribution in [2.75, 3.05) is 4.90 Å². The molecular formula is C31H25N. The molecule has 32 heavy (non-hydrogen) atoms. The van der Waals surface area contributed by atoms with E-state index in [1.807, 2.05) is 0 Å². The maximum absolute atomic E-state index is 2.40. The van der Waals surface area contributed by atoms with Gasteiger partial charge >= 0.3 is 0 Å². The summed E-state index contributed by atoms with van der Waals surface area (Å²) >= 11 is 0. The number of anilines is 3. The summed E-state index contributed by atoms with van der Waals surface area (Å²) in [7, 11) is 0. The molecule has 1 heteroatoms. The first kappa shape index (κ1) is 18.9. The second-order valence-corrected chi connectivity index (χ2v) is 8.90. The zero-order chi connectivity index (χ0) is 21.8. The van der Waals surface area contributed by atoms with Gasteiger partial charge in [-0.3, -0.25) is 0 Å². The van der Waals surface area contributed by atoms with Crippen molar-refractivity contribution in [3.8, 4) is 0 Å². The second kappa shape index (κ2) is 7.10. The van der Waals surface area contributed by atoms with Crippen LogP contribution < -0.4 is 4.90 Å². The average Bonchev–Trinajstić information content (AvgIpc) is 2.80. The molecule has 0 amide bonds. The van der Waals surface area contributed by atoms with Gasteiger partial charge in [0.25, 0.3) is 0 Å². The van der Waals surface area contributed by atoms with E-state index >= 15 is 0 Å². The first-order valence-corrected chi connectivity index (χ1v) is 11.2. The smallest absolute Gasteiger partial charge is 0.0540 e. The number of aryl methyl sites for hydroxylation is 3. The molecule has 0 spiro atoms. The second-order valence-electron chi connectivity index (χ2n) is 8.90. The van der Waals surface area contributed by atoms with Crippen LogP contribution in [0.15, 0.2) is 97.1 Å². The summed E-state index contributed by atoms with van der Waals surface area (Å²) in [5.74, 6) is 0. The molecule has 0 saturated heterocycles. The Morgan fingerprint density at radius 3 is 1.66 bits per heavy atom. The van der Waals surface area contributed by atoms with Crippen molar-refractivity contribution >= 4 is 49.4 Å². The van der Waals surface area contributed by atoms with Gasteiger partial charge in [0.2, 0.25) is 0 Å². The van der Waals surface area contributed by atoms with Crippen LogP contribution in [0, 0.1) is 20.8 Å². The van der Waals surface area contributed by atoms with E-state index in [0.717, 1.165) is 0 Å². The van der Waals surface area contributed by atoms with Crippen LogP contribution in [0.1, 0.15) is 16.7 Å². The molecule has 0 aliphatic rings. The van der Waals surface area contributed by atoms with Crippen LogP contribution in [-0.4, -0.2) is 0 Å². The van der Waals surface area contributed by atoms with Gasteiger partial charge in [-0.05, 0) is 94.7 Å². The van der Waals surface area contributed by atoms with Gasteiger partial charge in [-0.15, -0.1) is 0 Å². The number of benzene rings is 6. The SMILES string of the molecule is Cc1cccc(N(c2cccc(C)c2)c2ccc3ccc4c(C)ccc5ccc2c3c54)c1. The van der Waals surface area contributed by atoms with E-state index in [2.05, 4.69) is 123 Å². The van der Waals surface area contributed by atoms with Gasteiger partial charge in [-0.1, -0.05) is 66.7 Å². The summed E-state index contributed by atoms with van der Waals surface area (Å²) in [6, 6.07) is 35.7. The van der Waals surface area contributed by atoms with Crippen molar-refractivity contribution < 1.29 is 0 Å². The molecule has 0 saturated carbocycles. The van der Waals surface area contributed by atoms with Crippen molar-refractivity contribution in [2.24, 2.45) is 0 Å². The standard InChI is InChI=1S/C31H25N/c1-20-6-4-8-25(18-20)32(26-9-5-7-21(2)19-26)29-17-14-24-12-15-27-22(3)10-11-23-13-16-28(29)31(24)30(23)27/h4-19H,1-3H3. The molecule has 154 valence electrons. The third kappa shape index (κ3) is 2.85. The molecule has 0 aliphatic carbocycles. The van der Waals surface area contributed by atoms with Gasteiger partial charge in [0.15, 0.2) is 0 Å². The van der Waals surface area contributed by atoms with Gasteiger partial charge in [-0.25, -0.2) is 0 Å². The normalized spacial score (nSPS) is 11.6. The molecule has 0 bridgehead atoms. The molecule has 0 fully saturated rings. The first-order chi connectivity index (χ1) is 15.6. The Morgan fingerprint density at radius 2 is 1.03 bits per heavy atom. The Bertz CT molecular complexity index is 1560. The summed E-state index contributed by atoms with van der Waals surface area (Å²) in [5.41, 5.74) is 7.42. The predicted octanol–water partition coefficient (Wildman–Crippen LogP) is 8.98. The Balaban J connectivity index is 1.73. The van der Waals surface area contributed by atoms with Crippen LogP contribution in [0.2, 0.25) is 0 Å². The minimum absolute atomic E-state index is 1.18. The minimum atomic E-state index is 1.18. The highest BCUT2D eigenvalue weighted by Crippen LogP contribution is 2.44. The molecule has 6 rings (SSSR count).